The van der Waals surface area contributed by atoms with Crippen molar-refractivity contribution in [2.24, 2.45) is 11.5 Å². The summed E-state index contributed by atoms with van der Waals surface area (Å²) in [6.07, 6.45) is -0.765. The molecule has 2 unspecified atom stereocenters. The van der Waals surface area contributed by atoms with Crippen LogP contribution in [0.5, 0.6) is 11.5 Å². The molecule has 0 aliphatic carbocycles. The normalized spacial score (nSPS) is 11.4. The van der Waals surface area contributed by atoms with E-state index in [2.05, 4.69) is 20.7 Å². The van der Waals surface area contributed by atoms with Gasteiger partial charge in [-0.1, -0.05) is 40.2 Å². The highest BCUT2D eigenvalue weighted by molar-refractivity contribution is 9.09. The third-order valence-corrected chi connectivity index (χ3v) is 5.04. The Balaban J connectivity index is 0.000000581. The highest BCUT2D eigenvalue weighted by Crippen LogP contribution is 2.27. The van der Waals surface area contributed by atoms with E-state index in [4.69, 9.17) is 35.5 Å². The van der Waals surface area contributed by atoms with Crippen molar-refractivity contribution in [3.63, 3.8) is 0 Å². The number of halogens is 1. The fourth-order valence-electron chi connectivity index (χ4n) is 2.44. The van der Waals surface area contributed by atoms with Crippen molar-refractivity contribution in [1.82, 2.24) is 0 Å². The number of aliphatic hydroxyl groups excluding tert-OH is 1. The Morgan fingerprint density at radius 2 is 1.34 bits per heavy atom. The topological polar surface area (TPSA) is 153 Å². The summed E-state index contributed by atoms with van der Waals surface area (Å²) >= 11 is 3.24. The quantitative estimate of drug-likeness (QED) is 0.292. The van der Waals surface area contributed by atoms with Crippen LogP contribution < -0.4 is 20.9 Å². The number of ether oxygens (including phenoxy) is 5. The lowest BCUT2D eigenvalue weighted by atomic mass is 10.1. The summed E-state index contributed by atoms with van der Waals surface area (Å²) in [5.74, 6) is 0.605. The van der Waals surface area contributed by atoms with E-state index in [0.29, 0.717) is 24.4 Å². The maximum absolute atomic E-state index is 11.6. The van der Waals surface area contributed by atoms with E-state index < -0.39 is 16.9 Å². The molecule has 2 atom stereocenters. The predicted molar refractivity (Wildman–Crippen MR) is 136 cm³/mol. The van der Waals surface area contributed by atoms with Crippen LogP contribution in [0.3, 0.4) is 0 Å². The molecule has 0 heterocycles. The number of alkyl halides is 1. The fraction of sp³-hybridized carbons (Fsp3) is 0.417. The molecule has 11 heteroatoms. The first-order chi connectivity index (χ1) is 16.8. The summed E-state index contributed by atoms with van der Waals surface area (Å²) < 4.78 is 24.8. The van der Waals surface area contributed by atoms with E-state index in [-0.39, 0.29) is 19.2 Å². The Kier molecular flexibility index (Phi) is 18.1. The molecule has 2 rings (SSSR count). The van der Waals surface area contributed by atoms with Gasteiger partial charge in [0, 0.05) is 13.1 Å². The monoisotopic (exact) mass is 558 g/mol. The molecule has 0 radical (unpaired) electrons. The Morgan fingerprint density at radius 3 is 1.77 bits per heavy atom. The van der Waals surface area contributed by atoms with Crippen molar-refractivity contribution in [1.29, 1.82) is 0 Å². The standard InChI is InChI=1S/C12H17NO4.C10H11BrO3.C2H7NO/c1-15-10-5-3-4-9(8-10)11(12(14)16-2)17-7-6-13;1-13-8-5-3-4-7(6-8)9(11)10(12)14-2;3-1-2-4/h3-5,8,11H,6-7,13H2,1-2H3;3-6,9H,1-2H3;4H,1-3H2. The molecule has 0 saturated heterocycles. The second-order valence-electron chi connectivity index (χ2n) is 6.51. The zero-order valence-electron chi connectivity index (χ0n) is 20.4. The van der Waals surface area contributed by atoms with Crippen LogP contribution in [0.25, 0.3) is 0 Å². The Morgan fingerprint density at radius 1 is 0.857 bits per heavy atom. The molecule has 0 saturated carbocycles. The smallest absolute Gasteiger partial charge is 0.339 e. The summed E-state index contributed by atoms with van der Waals surface area (Å²) in [4.78, 5) is 22.3. The summed E-state index contributed by atoms with van der Waals surface area (Å²) in [5.41, 5.74) is 11.6. The summed E-state index contributed by atoms with van der Waals surface area (Å²) in [7, 11) is 5.82. The number of esters is 2. The highest BCUT2D eigenvalue weighted by Gasteiger charge is 2.22. The van der Waals surface area contributed by atoms with Crippen molar-refractivity contribution >= 4 is 27.9 Å². The zero-order valence-corrected chi connectivity index (χ0v) is 22.0. The van der Waals surface area contributed by atoms with Gasteiger partial charge < -0.3 is 40.3 Å². The number of aliphatic hydroxyl groups is 1. The van der Waals surface area contributed by atoms with Crippen molar-refractivity contribution in [3.8, 4) is 11.5 Å². The maximum Gasteiger partial charge on any atom is 0.339 e. The average molecular weight is 559 g/mol. The van der Waals surface area contributed by atoms with Crippen LogP contribution in [0.1, 0.15) is 22.1 Å². The van der Waals surface area contributed by atoms with E-state index in [1.807, 2.05) is 18.2 Å². The van der Waals surface area contributed by atoms with Crippen LogP contribution in [0.15, 0.2) is 48.5 Å². The van der Waals surface area contributed by atoms with Gasteiger partial charge in [0.25, 0.3) is 0 Å². The number of nitrogens with two attached hydrogens (primary N) is 2. The fourth-order valence-corrected chi connectivity index (χ4v) is 2.91. The summed E-state index contributed by atoms with van der Waals surface area (Å²) in [6.45, 7) is 1.11. The van der Waals surface area contributed by atoms with E-state index in [0.717, 1.165) is 11.3 Å². The molecule has 0 amide bonds. The Bertz CT molecular complexity index is 867. The van der Waals surface area contributed by atoms with E-state index in [9.17, 15) is 9.59 Å². The molecule has 196 valence electrons. The molecular weight excluding hydrogens is 524 g/mol. The predicted octanol–water partition coefficient (Wildman–Crippen LogP) is 2.13. The third-order valence-electron chi connectivity index (χ3n) is 4.14. The van der Waals surface area contributed by atoms with Gasteiger partial charge in [0.2, 0.25) is 0 Å². The van der Waals surface area contributed by atoms with Gasteiger partial charge in [-0.25, -0.2) is 4.79 Å². The second-order valence-corrected chi connectivity index (χ2v) is 7.43. The SMILES string of the molecule is COC(=O)C(Br)c1cccc(OC)c1.COC(=O)C(OCCN)c1cccc(OC)c1.NCCO. The minimum Gasteiger partial charge on any atom is -0.497 e. The van der Waals surface area contributed by atoms with Gasteiger partial charge in [-0.3, -0.25) is 4.79 Å². The van der Waals surface area contributed by atoms with Gasteiger partial charge in [0.15, 0.2) is 6.10 Å². The van der Waals surface area contributed by atoms with Gasteiger partial charge in [-0.05, 0) is 35.4 Å². The Hall–Kier alpha value is -2.70. The van der Waals surface area contributed by atoms with Crippen LogP contribution in [-0.4, -0.2) is 71.8 Å². The van der Waals surface area contributed by atoms with Crippen LogP contribution in [0.2, 0.25) is 0 Å². The number of carbonyl (C=O) groups is 2. The second kappa shape index (κ2) is 19.6. The third kappa shape index (κ3) is 12.5. The molecule has 0 aliphatic rings. The van der Waals surface area contributed by atoms with Gasteiger partial charge in [-0.15, -0.1) is 0 Å². The molecule has 0 spiro atoms. The van der Waals surface area contributed by atoms with Gasteiger partial charge >= 0.3 is 11.9 Å². The van der Waals surface area contributed by atoms with Crippen LogP contribution >= 0.6 is 15.9 Å². The summed E-state index contributed by atoms with van der Waals surface area (Å²) in [5, 5.41) is 7.75. The van der Waals surface area contributed by atoms with Crippen LogP contribution in [-0.2, 0) is 23.8 Å². The first-order valence-corrected chi connectivity index (χ1v) is 11.4. The number of hydrogen-bond donors (Lipinski definition) is 3. The van der Waals surface area contributed by atoms with E-state index in [1.54, 1.807) is 44.6 Å². The average Bonchev–Trinajstić information content (AvgIpc) is 2.92. The van der Waals surface area contributed by atoms with Crippen molar-refractivity contribution in [2.45, 2.75) is 10.9 Å². The van der Waals surface area contributed by atoms with Gasteiger partial charge in [0.05, 0.1) is 41.7 Å². The van der Waals surface area contributed by atoms with E-state index in [1.165, 1.54) is 14.2 Å². The molecule has 2 aromatic rings. The first-order valence-electron chi connectivity index (χ1n) is 10.5. The Labute approximate surface area is 214 Å². The molecule has 2 aromatic carbocycles. The minimum absolute atomic E-state index is 0.0972. The van der Waals surface area contributed by atoms with Crippen LogP contribution in [0.4, 0.5) is 0 Å². The number of methoxy groups -OCH3 is 4. The number of benzene rings is 2. The molecule has 0 aromatic heterocycles. The van der Waals surface area contributed by atoms with Gasteiger partial charge in [0.1, 0.15) is 16.3 Å². The molecule has 0 fully saturated rings. The number of hydrogen-bond acceptors (Lipinski definition) is 10. The molecule has 5 N–H and O–H groups in total. The molecule has 10 nitrogen and oxygen atoms in total. The lowest BCUT2D eigenvalue weighted by Gasteiger charge is -2.16. The molecular formula is C24H35BrN2O8. The van der Waals surface area contributed by atoms with Gasteiger partial charge in [-0.2, -0.15) is 0 Å². The zero-order chi connectivity index (χ0) is 26.6. The van der Waals surface area contributed by atoms with E-state index >= 15 is 0 Å². The molecule has 0 bridgehead atoms. The number of carbonyl (C=O) groups excluding carboxylic acids is 2. The number of rotatable bonds is 10. The molecule has 35 heavy (non-hydrogen) atoms. The molecule has 0 aliphatic heterocycles. The van der Waals surface area contributed by atoms with Crippen molar-refractivity contribution in [3.05, 3.63) is 59.7 Å². The summed E-state index contributed by atoms with van der Waals surface area (Å²) in [6, 6.07) is 14.4. The van der Waals surface area contributed by atoms with Crippen LogP contribution in [0, 0.1) is 0 Å². The first kappa shape index (κ1) is 32.3. The lowest BCUT2D eigenvalue weighted by molar-refractivity contribution is -0.154. The lowest BCUT2D eigenvalue weighted by Crippen LogP contribution is -2.21. The minimum atomic E-state index is -0.765. The van der Waals surface area contributed by atoms with Crippen molar-refractivity contribution in [2.75, 3.05) is 54.7 Å². The largest absolute Gasteiger partial charge is 0.497 e. The highest BCUT2D eigenvalue weighted by atomic mass is 79.9. The van der Waals surface area contributed by atoms with Crippen molar-refractivity contribution < 1.29 is 38.4 Å². The maximum atomic E-state index is 11.6.